The Bertz CT molecular complexity index is 1270. The second-order valence-electron chi connectivity index (χ2n) is 6.34. The van der Waals surface area contributed by atoms with Crippen LogP contribution in [0.2, 0.25) is 5.02 Å². The molecule has 7 nitrogen and oxygen atoms in total. The summed E-state index contributed by atoms with van der Waals surface area (Å²) in [7, 11) is 0. The number of nitrogens with one attached hydrogen (secondary N) is 1. The van der Waals surface area contributed by atoms with Crippen molar-refractivity contribution in [3.8, 4) is 0 Å². The molecule has 2 heterocycles. The maximum absolute atomic E-state index is 12.6. The average molecular weight is 441 g/mol. The largest absolute Gasteiger partial charge is 0.463 e. The zero-order valence-corrected chi connectivity index (χ0v) is 16.8. The van der Waals surface area contributed by atoms with Gasteiger partial charge in [-0.05, 0) is 54.2 Å². The number of amides is 3. The third-order valence-corrected chi connectivity index (χ3v) is 5.46. The Morgan fingerprint density at radius 1 is 1.10 bits per heavy atom. The number of imide groups is 1. The standard InChI is InChI=1S/C21H13ClN2O5S/c22-13-5-7-14(8-6-13)23-18(25)10-24-20(27)17(30-21(24)28)9-12-11-29-16-4-2-1-3-15(16)19(12)26/h1-9,11H,10H2,(H,23,25)/b17-9-. The first-order valence-electron chi connectivity index (χ1n) is 8.74. The van der Waals surface area contributed by atoms with Crippen LogP contribution in [0, 0.1) is 0 Å². The van der Waals surface area contributed by atoms with Gasteiger partial charge in [0.05, 0.1) is 15.9 Å². The molecule has 0 bridgehead atoms. The summed E-state index contributed by atoms with van der Waals surface area (Å²) in [5, 5.41) is 2.88. The average Bonchev–Trinajstić information content (AvgIpc) is 2.99. The molecule has 0 spiro atoms. The maximum atomic E-state index is 12.6. The van der Waals surface area contributed by atoms with Crippen molar-refractivity contribution in [2.24, 2.45) is 0 Å². The normalized spacial score (nSPS) is 15.2. The lowest BCUT2D eigenvalue weighted by Gasteiger charge is -2.12. The quantitative estimate of drug-likeness (QED) is 0.613. The van der Waals surface area contributed by atoms with Crippen molar-refractivity contribution in [1.29, 1.82) is 0 Å². The highest BCUT2D eigenvalue weighted by atomic mass is 35.5. The van der Waals surface area contributed by atoms with Crippen molar-refractivity contribution in [1.82, 2.24) is 4.90 Å². The molecule has 0 aliphatic carbocycles. The van der Waals surface area contributed by atoms with Gasteiger partial charge in [-0.15, -0.1) is 0 Å². The first-order chi connectivity index (χ1) is 14.4. The van der Waals surface area contributed by atoms with Crippen LogP contribution < -0.4 is 10.7 Å². The molecular formula is C21H13ClN2O5S. The molecular weight excluding hydrogens is 428 g/mol. The van der Waals surface area contributed by atoms with Gasteiger partial charge in [0.2, 0.25) is 5.91 Å². The molecule has 9 heteroatoms. The van der Waals surface area contributed by atoms with Crippen LogP contribution >= 0.6 is 23.4 Å². The minimum Gasteiger partial charge on any atom is -0.463 e. The van der Waals surface area contributed by atoms with E-state index in [9.17, 15) is 19.2 Å². The van der Waals surface area contributed by atoms with Crippen molar-refractivity contribution in [3.05, 3.63) is 80.5 Å². The molecule has 0 radical (unpaired) electrons. The summed E-state index contributed by atoms with van der Waals surface area (Å²) in [5.74, 6) is -1.19. The van der Waals surface area contributed by atoms with Gasteiger partial charge in [0.15, 0.2) is 5.43 Å². The summed E-state index contributed by atoms with van der Waals surface area (Å²) in [6.45, 7) is -0.447. The zero-order chi connectivity index (χ0) is 21.3. The van der Waals surface area contributed by atoms with E-state index in [-0.39, 0.29) is 15.9 Å². The Morgan fingerprint density at radius 3 is 2.60 bits per heavy atom. The molecule has 2 aromatic carbocycles. The molecule has 150 valence electrons. The number of halogens is 1. The van der Waals surface area contributed by atoms with Crippen molar-refractivity contribution >= 4 is 63.1 Å². The third kappa shape index (κ3) is 4.00. The predicted octanol–water partition coefficient (Wildman–Crippen LogP) is 4.12. The van der Waals surface area contributed by atoms with E-state index in [0.717, 1.165) is 4.90 Å². The molecule has 1 N–H and O–H groups in total. The molecule has 1 saturated heterocycles. The first-order valence-corrected chi connectivity index (χ1v) is 9.93. The molecule has 1 aliphatic heterocycles. The van der Waals surface area contributed by atoms with E-state index in [1.165, 1.54) is 12.3 Å². The summed E-state index contributed by atoms with van der Waals surface area (Å²) in [5.41, 5.74) is 0.737. The Labute approximate surface area is 179 Å². The van der Waals surface area contributed by atoms with Gasteiger partial charge in [0.25, 0.3) is 11.1 Å². The van der Waals surface area contributed by atoms with Crippen LogP contribution in [0.4, 0.5) is 10.5 Å². The number of thioether (sulfide) groups is 1. The molecule has 3 aromatic rings. The van der Waals surface area contributed by atoms with E-state index in [4.69, 9.17) is 16.0 Å². The van der Waals surface area contributed by atoms with Gasteiger partial charge < -0.3 is 9.73 Å². The van der Waals surface area contributed by atoms with Crippen molar-refractivity contribution in [2.75, 3.05) is 11.9 Å². The first kappa shape index (κ1) is 19.9. The van der Waals surface area contributed by atoms with Crippen LogP contribution in [0.3, 0.4) is 0 Å². The third-order valence-electron chi connectivity index (χ3n) is 4.30. The van der Waals surface area contributed by atoms with E-state index < -0.39 is 23.6 Å². The van der Waals surface area contributed by atoms with E-state index >= 15 is 0 Å². The Kier molecular flexibility index (Phi) is 5.43. The Balaban J connectivity index is 1.52. The van der Waals surface area contributed by atoms with Crippen LogP contribution in [-0.4, -0.2) is 28.5 Å². The van der Waals surface area contributed by atoms with Gasteiger partial charge in [-0.2, -0.15) is 0 Å². The van der Waals surface area contributed by atoms with Crippen LogP contribution in [0.1, 0.15) is 5.56 Å². The molecule has 1 aliphatic rings. The number of para-hydroxylation sites is 1. The van der Waals surface area contributed by atoms with Gasteiger partial charge in [0.1, 0.15) is 18.4 Å². The summed E-state index contributed by atoms with van der Waals surface area (Å²) in [6, 6.07) is 13.1. The fraction of sp³-hybridized carbons (Fsp3) is 0.0476. The second kappa shape index (κ2) is 8.17. The van der Waals surface area contributed by atoms with E-state index in [2.05, 4.69) is 5.32 Å². The smallest absolute Gasteiger partial charge is 0.294 e. The minimum absolute atomic E-state index is 0.0434. The van der Waals surface area contributed by atoms with Gasteiger partial charge in [-0.3, -0.25) is 24.1 Å². The van der Waals surface area contributed by atoms with Gasteiger partial charge >= 0.3 is 0 Å². The Morgan fingerprint density at radius 2 is 1.83 bits per heavy atom. The molecule has 30 heavy (non-hydrogen) atoms. The second-order valence-corrected chi connectivity index (χ2v) is 7.77. The highest BCUT2D eigenvalue weighted by Crippen LogP contribution is 2.32. The molecule has 0 saturated carbocycles. The fourth-order valence-electron chi connectivity index (χ4n) is 2.85. The highest BCUT2D eigenvalue weighted by molar-refractivity contribution is 8.18. The molecule has 0 atom stereocenters. The van der Waals surface area contributed by atoms with E-state index in [0.29, 0.717) is 33.4 Å². The topological polar surface area (TPSA) is 96.7 Å². The van der Waals surface area contributed by atoms with Crippen molar-refractivity contribution in [3.63, 3.8) is 0 Å². The number of fused-ring (bicyclic) bond motifs is 1. The number of hydrogen-bond acceptors (Lipinski definition) is 6. The number of rotatable bonds is 4. The van der Waals surface area contributed by atoms with Gasteiger partial charge in [-0.1, -0.05) is 23.7 Å². The van der Waals surface area contributed by atoms with Crippen molar-refractivity contribution in [2.45, 2.75) is 0 Å². The van der Waals surface area contributed by atoms with Crippen molar-refractivity contribution < 1.29 is 18.8 Å². The maximum Gasteiger partial charge on any atom is 0.294 e. The number of nitrogens with zero attached hydrogens (tertiary/aromatic N) is 1. The Hall–Kier alpha value is -3.36. The fourth-order valence-corrected chi connectivity index (χ4v) is 3.80. The number of carbonyl (C=O) groups is 3. The lowest BCUT2D eigenvalue weighted by Crippen LogP contribution is -2.36. The number of benzene rings is 2. The van der Waals surface area contributed by atoms with E-state index in [1.54, 1.807) is 48.5 Å². The molecule has 0 unspecified atom stereocenters. The monoisotopic (exact) mass is 440 g/mol. The molecule has 1 fully saturated rings. The van der Waals surface area contributed by atoms with Crippen LogP contribution in [0.15, 0.2) is 68.9 Å². The summed E-state index contributed by atoms with van der Waals surface area (Å²) in [6.07, 6.45) is 2.55. The van der Waals surface area contributed by atoms with Crippen LogP contribution in [-0.2, 0) is 9.59 Å². The number of hydrogen-bond donors (Lipinski definition) is 1. The van der Waals surface area contributed by atoms with E-state index in [1.807, 2.05) is 0 Å². The molecule has 3 amide bonds. The van der Waals surface area contributed by atoms with Gasteiger partial charge in [0, 0.05) is 10.7 Å². The van der Waals surface area contributed by atoms with Gasteiger partial charge in [-0.25, -0.2) is 0 Å². The van der Waals surface area contributed by atoms with Crippen LogP contribution in [0.5, 0.6) is 0 Å². The number of anilines is 1. The SMILES string of the molecule is O=C(CN1C(=O)S/C(=C\c2coc3ccccc3c2=O)C1=O)Nc1ccc(Cl)cc1. The lowest BCUT2D eigenvalue weighted by molar-refractivity contribution is -0.127. The minimum atomic E-state index is -0.649. The highest BCUT2D eigenvalue weighted by Gasteiger charge is 2.36. The zero-order valence-electron chi connectivity index (χ0n) is 15.3. The predicted molar refractivity (Wildman–Crippen MR) is 115 cm³/mol. The summed E-state index contributed by atoms with van der Waals surface area (Å²) >= 11 is 6.46. The summed E-state index contributed by atoms with van der Waals surface area (Å²) < 4.78 is 5.42. The molecule has 4 rings (SSSR count). The lowest BCUT2D eigenvalue weighted by atomic mass is 10.1. The van der Waals surface area contributed by atoms with Crippen LogP contribution in [0.25, 0.3) is 17.0 Å². The number of carbonyl (C=O) groups excluding carboxylic acids is 3. The molecule has 1 aromatic heterocycles. The summed E-state index contributed by atoms with van der Waals surface area (Å²) in [4.78, 5) is 50.5.